The Morgan fingerprint density at radius 3 is 2.81 bits per heavy atom. The average molecular weight is 300 g/mol. The smallest absolute Gasteiger partial charge is 0.0706 e. The molecule has 2 heterocycles. The maximum Gasteiger partial charge on any atom is 0.0706 e. The van der Waals surface area contributed by atoms with Crippen molar-refractivity contribution < 1.29 is 0 Å². The maximum absolute atomic E-state index is 6.21. The molecular weight excluding hydrogens is 282 g/mol. The van der Waals surface area contributed by atoms with Crippen molar-refractivity contribution >= 4 is 17.1 Å². The summed E-state index contributed by atoms with van der Waals surface area (Å²) in [6, 6.07) is 14.5. The molecule has 0 fully saturated rings. The van der Waals surface area contributed by atoms with Crippen LogP contribution in [-0.2, 0) is 13.0 Å². The van der Waals surface area contributed by atoms with Crippen LogP contribution in [0.4, 0.5) is 0 Å². The van der Waals surface area contributed by atoms with Gasteiger partial charge in [0.1, 0.15) is 0 Å². The van der Waals surface area contributed by atoms with E-state index >= 15 is 0 Å². The number of nitrogens with one attached hydrogen (secondary N) is 1. The fourth-order valence-corrected chi connectivity index (χ4v) is 2.69. The van der Waals surface area contributed by atoms with Crippen LogP contribution in [0.2, 0.25) is 5.02 Å². The molecule has 0 aliphatic heterocycles. The van der Waals surface area contributed by atoms with Gasteiger partial charge in [-0.05, 0) is 37.1 Å². The number of hydrogen-bond donors (Lipinski definition) is 1. The van der Waals surface area contributed by atoms with Crippen LogP contribution >= 0.6 is 11.6 Å². The molecule has 1 N–H and O–H groups in total. The Kier molecular flexibility index (Phi) is 4.23. The second-order valence-electron chi connectivity index (χ2n) is 5.28. The van der Waals surface area contributed by atoms with Gasteiger partial charge in [-0.2, -0.15) is 5.10 Å². The molecule has 3 rings (SSSR count). The molecule has 1 unspecified atom stereocenters. The highest BCUT2D eigenvalue weighted by Gasteiger charge is 2.08. The third-order valence-electron chi connectivity index (χ3n) is 3.63. The Balaban J connectivity index is 1.63. The van der Waals surface area contributed by atoms with Crippen LogP contribution < -0.4 is 5.32 Å². The number of halogens is 1. The summed E-state index contributed by atoms with van der Waals surface area (Å²) in [5.41, 5.74) is 3.54. The molecule has 1 atom stereocenters. The van der Waals surface area contributed by atoms with Crippen molar-refractivity contribution in [3.63, 3.8) is 0 Å². The first-order chi connectivity index (χ1) is 10.2. The molecule has 0 saturated carbocycles. The van der Waals surface area contributed by atoms with Crippen LogP contribution in [0.15, 0.2) is 54.9 Å². The third kappa shape index (κ3) is 3.26. The molecule has 0 aliphatic carbocycles. The maximum atomic E-state index is 6.21. The average Bonchev–Trinajstić information content (AvgIpc) is 2.91. The first-order valence-corrected chi connectivity index (χ1v) is 7.50. The SMILES string of the molecule is CC(Cc1ccccc1Cl)NCc1cnn2ccccc12. The molecular formula is C17H18ClN3. The molecule has 3 nitrogen and oxygen atoms in total. The normalized spacial score (nSPS) is 12.7. The summed E-state index contributed by atoms with van der Waals surface area (Å²) in [4.78, 5) is 0. The van der Waals surface area contributed by atoms with E-state index in [1.54, 1.807) is 0 Å². The lowest BCUT2D eigenvalue weighted by atomic mass is 10.1. The lowest BCUT2D eigenvalue weighted by molar-refractivity contribution is 0.547. The van der Waals surface area contributed by atoms with Crippen LogP contribution in [0.5, 0.6) is 0 Å². The molecule has 0 amide bonds. The van der Waals surface area contributed by atoms with Crippen molar-refractivity contribution in [2.75, 3.05) is 0 Å². The summed E-state index contributed by atoms with van der Waals surface area (Å²) < 4.78 is 1.90. The number of hydrogen-bond acceptors (Lipinski definition) is 2. The molecule has 0 bridgehead atoms. The fraction of sp³-hybridized carbons (Fsp3) is 0.235. The number of fused-ring (bicyclic) bond motifs is 1. The molecule has 0 aliphatic rings. The zero-order valence-electron chi connectivity index (χ0n) is 12.0. The van der Waals surface area contributed by atoms with Gasteiger partial charge in [-0.3, -0.25) is 0 Å². The Morgan fingerprint density at radius 2 is 1.95 bits per heavy atom. The first kappa shape index (κ1) is 14.1. The van der Waals surface area contributed by atoms with Crippen molar-refractivity contribution in [1.29, 1.82) is 0 Å². The van der Waals surface area contributed by atoms with E-state index in [1.165, 1.54) is 11.1 Å². The van der Waals surface area contributed by atoms with E-state index in [2.05, 4.69) is 29.5 Å². The highest BCUT2D eigenvalue weighted by atomic mass is 35.5. The molecule has 21 heavy (non-hydrogen) atoms. The summed E-state index contributed by atoms with van der Waals surface area (Å²) in [5.74, 6) is 0. The van der Waals surface area contributed by atoms with Crippen LogP contribution in [-0.4, -0.2) is 15.7 Å². The van der Waals surface area contributed by atoms with E-state index in [0.29, 0.717) is 6.04 Å². The summed E-state index contributed by atoms with van der Waals surface area (Å²) in [6.07, 6.45) is 4.80. The van der Waals surface area contributed by atoms with E-state index < -0.39 is 0 Å². The molecule has 1 aromatic carbocycles. The standard InChI is InChI=1S/C17H18ClN3/c1-13(10-14-6-2-3-7-16(14)18)19-11-15-12-20-21-9-5-4-8-17(15)21/h2-9,12-13,19H,10-11H2,1H3. The zero-order valence-corrected chi connectivity index (χ0v) is 12.7. The minimum atomic E-state index is 0.351. The topological polar surface area (TPSA) is 29.3 Å². The first-order valence-electron chi connectivity index (χ1n) is 7.12. The van der Waals surface area contributed by atoms with Gasteiger partial charge in [-0.25, -0.2) is 4.52 Å². The van der Waals surface area contributed by atoms with Crippen molar-refractivity contribution in [3.05, 3.63) is 71.0 Å². The van der Waals surface area contributed by atoms with Gasteiger partial charge in [0.05, 0.1) is 11.7 Å². The monoisotopic (exact) mass is 299 g/mol. The number of aromatic nitrogens is 2. The van der Waals surface area contributed by atoms with Gasteiger partial charge in [-0.15, -0.1) is 0 Å². The highest BCUT2D eigenvalue weighted by Crippen LogP contribution is 2.17. The van der Waals surface area contributed by atoms with Crippen LogP contribution in [0.25, 0.3) is 5.52 Å². The summed E-state index contributed by atoms with van der Waals surface area (Å²) in [7, 11) is 0. The third-order valence-corrected chi connectivity index (χ3v) is 4.00. The highest BCUT2D eigenvalue weighted by molar-refractivity contribution is 6.31. The molecule has 3 aromatic rings. The van der Waals surface area contributed by atoms with Gasteiger partial charge in [0.25, 0.3) is 0 Å². The number of nitrogens with zero attached hydrogens (tertiary/aromatic N) is 2. The number of benzene rings is 1. The molecule has 4 heteroatoms. The minimum Gasteiger partial charge on any atom is -0.310 e. The Labute approximate surface area is 129 Å². The predicted octanol–water partition coefficient (Wildman–Crippen LogP) is 3.71. The van der Waals surface area contributed by atoms with Crippen molar-refractivity contribution in [2.24, 2.45) is 0 Å². The van der Waals surface area contributed by atoms with E-state index in [-0.39, 0.29) is 0 Å². The largest absolute Gasteiger partial charge is 0.310 e. The molecule has 2 aromatic heterocycles. The van der Waals surface area contributed by atoms with Crippen molar-refractivity contribution in [2.45, 2.75) is 25.9 Å². The van der Waals surface area contributed by atoms with Crippen molar-refractivity contribution in [1.82, 2.24) is 14.9 Å². The van der Waals surface area contributed by atoms with E-state index in [4.69, 9.17) is 11.6 Å². The molecule has 0 spiro atoms. The van der Waals surface area contributed by atoms with Crippen molar-refractivity contribution in [3.8, 4) is 0 Å². The lowest BCUT2D eigenvalue weighted by Crippen LogP contribution is -2.27. The number of rotatable bonds is 5. The van der Waals surface area contributed by atoms with Gasteiger partial charge in [-0.1, -0.05) is 35.9 Å². The minimum absolute atomic E-state index is 0.351. The van der Waals surface area contributed by atoms with Gasteiger partial charge in [0, 0.05) is 29.4 Å². The van der Waals surface area contributed by atoms with Crippen LogP contribution in [0.3, 0.4) is 0 Å². The van der Waals surface area contributed by atoms with E-state index in [9.17, 15) is 0 Å². The summed E-state index contributed by atoms with van der Waals surface area (Å²) in [6.45, 7) is 2.98. The molecule has 0 radical (unpaired) electrons. The van der Waals surface area contributed by atoms with Gasteiger partial charge < -0.3 is 5.32 Å². The number of pyridine rings is 1. The van der Waals surface area contributed by atoms with E-state index in [0.717, 1.165) is 23.5 Å². The summed E-state index contributed by atoms with van der Waals surface area (Å²) >= 11 is 6.21. The molecule has 108 valence electrons. The van der Waals surface area contributed by atoms with E-state index in [1.807, 2.05) is 47.2 Å². The second kappa shape index (κ2) is 6.29. The van der Waals surface area contributed by atoms with Crippen LogP contribution in [0, 0.1) is 0 Å². The second-order valence-corrected chi connectivity index (χ2v) is 5.68. The predicted molar refractivity (Wildman–Crippen MR) is 86.6 cm³/mol. The molecule has 0 saturated heterocycles. The zero-order chi connectivity index (χ0) is 14.7. The summed E-state index contributed by atoms with van der Waals surface area (Å²) in [5, 5.41) is 8.73. The fourth-order valence-electron chi connectivity index (χ4n) is 2.47. The lowest BCUT2D eigenvalue weighted by Gasteiger charge is -2.14. The quantitative estimate of drug-likeness (QED) is 0.778. The van der Waals surface area contributed by atoms with Gasteiger partial charge in [0.15, 0.2) is 0 Å². The van der Waals surface area contributed by atoms with Crippen LogP contribution in [0.1, 0.15) is 18.1 Å². The Bertz CT molecular complexity index is 735. The Hall–Kier alpha value is -1.84. The van der Waals surface area contributed by atoms with Gasteiger partial charge in [0.2, 0.25) is 0 Å². The van der Waals surface area contributed by atoms with Gasteiger partial charge >= 0.3 is 0 Å². The Morgan fingerprint density at radius 1 is 1.14 bits per heavy atom.